The number of carbonyl (C=O) groups is 2. The molecule has 0 heterocycles. The number of amides is 2. The van der Waals surface area contributed by atoms with Crippen LogP contribution < -0.4 is 9.62 Å². The molecule has 0 radical (unpaired) electrons. The van der Waals surface area contributed by atoms with Crippen LogP contribution >= 0.6 is 27.5 Å². The molecule has 0 aliphatic heterocycles. The molecule has 0 fully saturated rings. The van der Waals surface area contributed by atoms with Gasteiger partial charge in [-0.15, -0.1) is 0 Å². The molecule has 0 saturated carbocycles. The van der Waals surface area contributed by atoms with E-state index in [0.717, 1.165) is 24.0 Å². The predicted molar refractivity (Wildman–Crippen MR) is 156 cm³/mol. The first-order valence-corrected chi connectivity index (χ1v) is 15.4. The molecule has 1 atom stereocenters. The van der Waals surface area contributed by atoms with E-state index in [1.165, 1.54) is 4.90 Å². The van der Waals surface area contributed by atoms with Crippen molar-refractivity contribution < 1.29 is 31.2 Å². The Morgan fingerprint density at radius 3 is 2.24 bits per heavy atom. The quantitative estimate of drug-likeness (QED) is 0.284. The monoisotopic (exact) mass is 673 g/mol. The van der Waals surface area contributed by atoms with Crippen LogP contribution in [0.3, 0.4) is 0 Å². The zero-order valence-corrected chi connectivity index (χ0v) is 25.3. The zero-order chi connectivity index (χ0) is 30.4. The van der Waals surface area contributed by atoms with E-state index in [4.69, 9.17) is 11.6 Å². The molecule has 1 N–H and O–H groups in total. The number of nitrogens with one attached hydrogen (secondary N) is 1. The average molecular weight is 675 g/mol. The number of benzene rings is 3. The largest absolute Gasteiger partial charge is 0.416 e. The summed E-state index contributed by atoms with van der Waals surface area (Å²) in [6.45, 7) is 1.02. The molecule has 0 aliphatic rings. The van der Waals surface area contributed by atoms with Crippen molar-refractivity contribution in [3.63, 3.8) is 0 Å². The van der Waals surface area contributed by atoms with Gasteiger partial charge < -0.3 is 10.2 Å². The highest BCUT2D eigenvalue weighted by atomic mass is 79.9. The minimum absolute atomic E-state index is 0.0825. The molecule has 13 heteroatoms. The van der Waals surface area contributed by atoms with Gasteiger partial charge in [-0.05, 0) is 48.4 Å². The lowest BCUT2D eigenvalue weighted by atomic mass is 10.0. The summed E-state index contributed by atoms with van der Waals surface area (Å²) >= 11 is 9.54. The van der Waals surface area contributed by atoms with E-state index in [1.807, 2.05) is 0 Å². The fourth-order valence-electron chi connectivity index (χ4n) is 4.15. The Bertz CT molecular complexity index is 1490. The Labute approximate surface area is 250 Å². The lowest BCUT2D eigenvalue weighted by molar-refractivity contribution is -0.140. The number of hydrogen-bond donors (Lipinski definition) is 1. The Morgan fingerprint density at radius 1 is 1.00 bits per heavy atom. The van der Waals surface area contributed by atoms with Crippen LogP contribution in [0.4, 0.5) is 18.9 Å². The van der Waals surface area contributed by atoms with Crippen LogP contribution in [0.2, 0.25) is 5.02 Å². The molecule has 1 unspecified atom stereocenters. The van der Waals surface area contributed by atoms with Gasteiger partial charge in [0.1, 0.15) is 12.6 Å². The number of carbonyl (C=O) groups excluding carboxylic acids is 2. The SMILES string of the molecule is CCNC(=O)C(Cc1ccccc1)N(Cc1cccc(Br)c1)C(=O)CN(c1cc(C(F)(F)F)ccc1Cl)S(C)(=O)=O. The molecule has 3 aromatic rings. The second-order valence-electron chi connectivity index (χ2n) is 9.19. The van der Waals surface area contributed by atoms with Gasteiger partial charge in [0.05, 0.1) is 22.5 Å². The summed E-state index contributed by atoms with van der Waals surface area (Å²) in [5.74, 6) is -1.28. The van der Waals surface area contributed by atoms with Gasteiger partial charge in [-0.25, -0.2) is 8.42 Å². The minimum Gasteiger partial charge on any atom is -0.355 e. The number of alkyl halides is 3. The molecule has 0 bridgehead atoms. The Hall–Kier alpha value is -3.09. The summed E-state index contributed by atoms with van der Waals surface area (Å²) in [4.78, 5) is 28.5. The lowest BCUT2D eigenvalue weighted by Gasteiger charge is -2.33. The fraction of sp³-hybridized carbons (Fsp3) is 0.286. The molecule has 3 rings (SSSR count). The summed E-state index contributed by atoms with van der Waals surface area (Å²) in [5, 5.41) is 2.43. The fourth-order valence-corrected chi connectivity index (χ4v) is 5.72. The molecule has 2 amide bonds. The third kappa shape index (κ3) is 8.95. The summed E-state index contributed by atoms with van der Waals surface area (Å²) in [6, 6.07) is 17.1. The van der Waals surface area contributed by atoms with Crippen molar-refractivity contribution in [2.75, 3.05) is 23.7 Å². The maximum absolute atomic E-state index is 14.0. The van der Waals surface area contributed by atoms with Gasteiger partial charge in [0.15, 0.2) is 0 Å². The molecule has 41 heavy (non-hydrogen) atoms. The third-order valence-corrected chi connectivity index (χ3v) is 8.02. The van der Waals surface area contributed by atoms with E-state index < -0.39 is 51.9 Å². The van der Waals surface area contributed by atoms with Gasteiger partial charge in [0.25, 0.3) is 0 Å². The highest BCUT2D eigenvalue weighted by Gasteiger charge is 2.35. The van der Waals surface area contributed by atoms with Gasteiger partial charge in [-0.3, -0.25) is 13.9 Å². The van der Waals surface area contributed by atoms with Crippen molar-refractivity contribution >= 4 is 55.1 Å². The first-order chi connectivity index (χ1) is 19.2. The molecule has 3 aromatic carbocycles. The number of halogens is 5. The van der Waals surface area contributed by atoms with Crippen molar-refractivity contribution in [1.29, 1.82) is 0 Å². The normalized spacial score (nSPS) is 12.5. The third-order valence-electron chi connectivity index (χ3n) is 6.09. The highest BCUT2D eigenvalue weighted by Crippen LogP contribution is 2.36. The molecule has 0 aromatic heterocycles. The van der Waals surface area contributed by atoms with E-state index in [1.54, 1.807) is 61.5 Å². The minimum atomic E-state index is -4.78. The van der Waals surface area contributed by atoms with Crippen LogP contribution in [0.5, 0.6) is 0 Å². The number of anilines is 1. The van der Waals surface area contributed by atoms with Crippen LogP contribution in [0.1, 0.15) is 23.6 Å². The van der Waals surface area contributed by atoms with Crippen molar-refractivity contribution in [3.05, 3.63) is 99.0 Å². The van der Waals surface area contributed by atoms with E-state index in [2.05, 4.69) is 21.2 Å². The molecule has 0 saturated heterocycles. The first-order valence-electron chi connectivity index (χ1n) is 12.4. The van der Waals surface area contributed by atoms with Gasteiger partial charge >= 0.3 is 6.18 Å². The zero-order valence-electron chi connectivity index (χ0n) is 22.2. The first kappa shape index (κ1) is 32.4. The Balaban J connectivity index is 2.10. The van der Waals surface area contributed by atoms with Gasteiger partial charge in [-0.1, -0.05) is 70.0 Å². The smallest absolute Gasteiger partial charge is 0.355 e. The van der Waals surface area contributed by atoms with Crippen LogP contribution in [-0.2, 0) is 38.8 Å². The predicted octanol–water partition coefficient (Wildman–Crippen LogP) is 5.66. The molecular formula is C28H28BrClF3N3O4S. The second kappa shape index (κ2) is 13.7. The van der Waals surface area contributed by atoms with Crippen molar-refractivity contribution in [3.8, 4) is 0 Å². The summed E-state index contributed by atoms with van der Waals surface area (Å²) in [6.07, 6.45) is -3.91. The van der Waals surface area contributed by atoms with Gasteiger partial charge in [0, 0.05) is 24.0 Å². The molecule has 220 valence electrons. The van der Waals surface area contributed by atoms with Crippen LogP contribution in [0.25, 0.3) is 0 Å². The maximum Gasteiger partial charge on any atom is 0.416 e. The molecule has 0 spiro atoms. The Kier molecular flexibility index (Phi) is 10.8. The number of sulfonamides is 1. The van der Waals surface area contributed by atoms with E-state index in [9.17, 15) is 31.2 Å². The van der Waals surface area contributed by atoms with Crippen LogP contribution in [0.15, 0.2) is 77.3 Å². The van der Waals surface area contributed by atoms with Crippen molar-refractivity contribution in [2.45, 2.75) is 32.1 Å². The summed E-state index contributed by atoms with van der Waals surface area (Å²) in [5.41, 5.74) is -0.250. The van der Waals surface area contributed by atoms with Crippen LogP contribution in [0, 0.1) is 0 Å². The summed E-state index contributed by atoms with van der Waals surface area (Å²) < 4.78 is 67.3. The number of rotatable bonds is 11. The number of hydrogen-bond acceptors (Lipinski definition) is 4. The molecule has 0 aliphatic carbocycles. The molecule has 7 nitrogen and oxygen atoms in total. The summed E-state index contributed by atoms with van der Waals surface area (Å²) in [7, 11) is -4.30. The highest BCUT2D eigenvalue weighted by molar-refractivity contribution is 9.10. The van der Waals surface area contributed by atoms with E-state index >= 15 is 0 Å². The standard InChI is InChI=1S/C28H28BrClF3N3O4S/c1-3-34-27(38)25(15-19-8-5-4-6-9-19)35(17-20-10-7-11-22(29)14-20)26(37)18-36(41(2,39)40)24-16-21(28(31,32)33)12-13-23(24)30/h4-14,16,25H,3,15,17-18H2,1-2H3,(H,34,38). The lowest BCUT2D eigenvalue weighted by Crippen LogP contribution is -2.53. The van der Waals surface area contributed by atoms with Crippen molar-refractivity contribution in [1.82, 2.24) is 10.2 Å². The Morgan fingerprint density at radius 2 is 1.66 bits per heavy atom. The van der Waals surface area contributed by atoms with Crippen LogP contribution in [-0.4, -0.2) is 50.5 Å². The topological polar surface area (TPSA) is 86.8 Å². The van der Waals surface area contributed by atoms with E-state index in [0.29, 0.717) is 20.4 Å². The second-order valence-corrected chi connectivity index (χ2v) is 12.4. The van der Waals surface area contributed by atoms with Gasteiger partial charge in [-0.2, -0.15) is 13.2 Å². The number of likely N-dealkylation sites (N-methyl/N-ethyl adjacent to an activating group) is 1. The van der Waals surface area contributed by atoms with Crippen molar-refractivity contribution in [2.24, 2.45) is 0 Å². The molecular weight excluding hydrogens is 647 g/mol. The van der Waals surface area contributed by atoms with E-state index in [-0.39, 0.29) is 24.5 Å². The number of nitrogens with zero attached hydrogens (tertiary/aromatic N) is 2. The van der Waals surface area contributed by atoms with Gasteiger partial charge in [0.2, 0.25) is 21.8 Å². The maximum atomic E-state index is 14.0. The average Bonchev–Trinajstić information content (AvgIpc) is 2.89.